The summed E-state index contributed by atoms with van der Waals surface area (Å²) in [4.78, 5) is 21.9. The number of amidine groups is 1. The first-order valence-corrected chi connectivity index (χ1v) is 12.9. The molecule has 0 saturated carbocycles. The number of aromatic nitrogens is 2. The normalized spacial score (nSPS) is 19.8. The molecule has 1 amide bonds. The van der Waals surface area contributed by atoms with Crippen molar-refractivity contribution in [3.8, 4) is 0 Å². The molecule has 2 aromatic carbocycles. The van der Waals surface area contributed by atoms with Gasteiger partial charge < -0.3 is 4.90 Å². The smallest absolute Gasteiger partial charge is 0.348 e. The van der Waals surface area contributed by atoms with E-state index in [0.29, 0.717) is 10.4 Å². The second kappa shape index (κ2) is 9.49. The minimum absolute atomic E-state index is 0.0189. The largest absolute Gasteiger partial charge is 0.416 e. The summed E-state index contributed by atoms with van der Waals surface area (Å²) in [6, 6.07) is 9.24. The fourth-order valence-electron chi connectivity index (χ4n) is 4.52. The summed E-state index contributed by atoms with van der Waals surface area (Å²) in [5, 5.41) is 5.81. The van der Waals surface area contributed by atoms with Crippen LogP contribution in [0.3, 0.4) is 0 Å². The van der Waals surface area contributed by atoms with Crippen molar-refractivity contribution in [3.63, 3.8) is 0 Å². The third-order valence-electron chi connectivity index (χ3n) is 6.86. The molecule has 3 aromatic rings. The molecule has 0 unspecified atom stereocenters. The summed E-state index contributed by atoms with van der Waals surface area (Å²) in [5.41, 5.74) is 0.765. The molecule has 6 nitrogen and oxygen atoms in total. The minimum Gasteiger partial charge on any atom is -0.348 e. The highest BCUT2D eigenvalue weighted by Crippen LogP contribution is 2.35. The van der Waals surface area contributed by atoms with Gasteiger partial charge in [0.25, 0.3) is 5.91 Å². The molecule has 37 heavy (non-hydrogen) atoms. The van der Waals surface area contributed by atoms with E-state index in [4.69, 9.17) is 11.6 Å². The number of benzene rings is 2. The number of piperazine rings is 1. The number of likely N-dealkylation sites (N-methyl/N-ethyl adjacent to an activating group) is 1. The number of amides is 1. The van der Waals surface area contributed by atoms with Gasteiger partial charge in [-0.2, -0.15) is 23.3 Å². The average Bonchev–Trinajstić information content (AvgIpc) is 3.39. The number of halogens is 4. The zero-order valence-corrected chi connectivity index (χ0v) is 22.1. The number of alkyl halides is 3. The molecule has 0 radical (unpaired) electrons. The summed E-state index contributed by atoms with van der Waals surface area (Å²) in [7, 11) is 2.10. The van der Waals surface area contributed by atoms with E-state index in [1.54, 1.807) is 18.3 Å². The summed E-state index contributed by atoms with van der Waals surface area (Å²) in [5.74, 6) is -0.269. The van der Waals surface area contributed by atoms with Crippen LogP contribution in [0.4, 0.5) is 13.2 Å². The Morgan fingerprint density at radius 3 is 2.68 bits per heavy atom. The van der Waals surface area contributed by atoms with Gasteiger partial charge in [0.2, 0.25) is 0 Å². The number of rotatable bonds is 3. The topological polar surface area (TPSA) is 53.7 Å². The van der Waals surface area contributed by atoms with E-state index in [9.17, 15) is 18.0 Å². The molecule has 0 bridgehead atoms. The standard InChI is InChI=1S/C26H25ClF3N5OS/c1-25(2)15-34(9-8-33(25)3)24-32-23(36)22(37-24)11-16-4-7-21-18(10-16)13-31-35(21)14-17-5-6-19(27)12-20(17)26(28,29)30/h4-7,10-13H,8-9,14-15H2,1-3H3/b22-11+. The van der Waals surface area contributed by atoms with Gasteiger partial charge in [-0.3, -0.25) is 14.4 Å². The van der Waals surface area contributed by atoms with E-state index < -0.39 is 11.7 Å². The van der Waals surface area contributed by atoms with Gasteiger partial charge in [0.1, 0.15) is 0 Å². The van der Waals surface area contributed by atoms with E-state index >= 15 is 0 Å². The molecular formula is C26H25ClF3N5OS. The molecule has 5 rings (SSSR count). The molecule has 1 aromatic heterocycles. The number of hydrogen-bond acceptors (Lipinski definition) is 5. The molecule has 0 spiro atoms. The molecule has 3 heterocycles. The van der Waals surface area contributed by atoms with Crippen molar-refractivity contribution in [1.82, 2.24) is 19.6 Å². The second-order valence-electron chi connectivity index (χ2n) is 9.89. The lowest BCUT2D eigenvalue weighted by atomic mass is 10.0. The number of thioether (sulfide) groups is 1. The molecule has 1 saturated heterocycles. The molecule has 1 fully saturated rings. The maximum absolute atomic E-state index is 13.5. The van der Waals surface area contributed by atoms with Crippen molar-refractivity contribution in [2.45, 2.75) is 32.1 Å². The maximum atomic E-state index is 13.5. The molecule has 194 valence electrons. The number of carbonyl (C=O) groups excluding carboxylic acids is 1. The Kier molecular flexibility index (Phi) is 6.62. The molecule has 11 heteroatoms. The van der Waals surface area contributed by atoms with Gasteiger partial charge in [-0.1, -0.05) is 23.7 Å². The van der Waals surface area contributed by atoms with Crippen LogP contribution in [0.15, 0.2) is 52.5 Å². The van der Waals surface area contributed by atoms with Crippen LogP contribution in [-0.2, 0) is 17.5 Å². The lowest BCUT2D eigenvalue weighted by Gasteiger charge is -2.45. The van der Waals surface area contributed by atoms with Crippen LogP contribution in [0, 0.1) is 0 Å². The number of nitrogens with zero attached hydrogens (tertiary/aromatic N) is 5. The van der Waals surface area contributed by atoms with Gasteiger partial charge in [-0.15, -0.1) is 0 Å². The van der Waals surface area contributed by atoms with Crippen LogP contribution in [0.1, 0.15) is 30.5 Å². The Balaban J connectivity index is 1.35. The third-order valence-corrected chi connectivity index (χ3v) is 8.14. The van der Waals surface area contributed by atoms with E-state index in [1.165, 1.54) is 28.6 Å². The SMILES string of the molecule is CN1CCN(C2=NC(=O)/C(=C\c3ccc4c(cnn4Cc4ccc(Cl)cc4C(F)(F)F)c3)S2)CC1(C)C. The van der Waals surface area contributed by atoms with Crippen LogP contribution < -0.4 is 0 Å². The Bertz CT molecular complexity index is 1450. The molecule has 0 atom stereocenters. The first kappa shape index (κ1) is 25.8. The van der Waals surface area contributed by atoms with Gasteiger partial charge >= 0.3 is 6.18 Å². The highest BCUT2D eigenvalue weighted by molar-refractivity contribution is 8.18. The number of hydrogen-bond donors (Lipinski definition) is 0. The summed E-state index contributed by atoms with van der Waals surface area (Å²) >= 11 is 7.17. The summed E-state index contributed by atoms with van der Waals surface area (Å²) in [6.45, 7) is 6.77. The Hall–Kier alpha value is -2.82. The van der Waals surface area contributed by atoms with Gasteiger partial charge in [-0.05, 0) is 74.1 Å². The molecule has 2 aliphatic rings. The average molecular weight is 548 g/mol. The van der Waals surface area contributed by atoms with Crippen molar-refractivity contribution in [2.75, 3.05) is 26.7 Å². The van der Waals surface area contributed by atoms with Crippen LogP contribution in [0.25, 0.3) is 17.0 Å². The predicted octanol–water partition coefficient (Wildman–Crippen LogP) is 5.75. The number of fused-ring (bicyclic) bond motifs is 1. The first-order chi connectivity index (χ1) is 17.4. The van der Waals surface area contributed by atoms with Crippen molar-refractivity contribution in [3.05, 3.63) is 69.2 Å². The van der Waals surface area contributed by atoms with Crippen molar-refractivity contribution in [2.24, 2.45) is 4.99 Å². The van der Waals surface area contributed by atoms with Crippen LogP contribution in [0.5, 0.6) is 0 Å². The molecule has 2 aliphatic heterocycles. The molecule has 0 N–H and O–H groups in total. The molecular weight excluding hydrogens is 523 g/mol. The van der Waals surface area contributed by atoms with E-state index in [1.807, 2.05) is 12.1 Å². The van der Waals surface area contributed by atoms with Gasteiger partial charge in [0.05, 0.1) is 28.7 Å². The predicted molar refractivity (Wildman–Crippen MR) is 142 cm³/mol. The summed E-state index contributed by atoms with van der Waals surface area (Å²) < 4.78 is 42.1. The zero-order valence-electron chi connectivity index (χ0n) is 20.5. The number of carbonyl (C=O) groups is 1. The second-order valence-corrected chi connectivity index (χ2v) is 11.3. The first-order valence-electron chi connectivity index (χ1n) is 11.7. The van der Waals surface area contributed by atoms with Crippen molar-refractivity contribution < 1.29 is 18.0 Å². The van der Waals surface area contributed by atoms with Crippen molar-refractivity contribution >= 4 is 51.4 Å². The molecule has 0 aliphatic carbocycles. The van der Waals surface area contributed by atoms with E-state index in [2.05, 4.69) is 40.8 Å². The third kappa shape index (κ3) is 5.28. The zero-order chi connectivity index (χ0) is 26.5. The highest BCUT2D eigenvalue weighted by atomic mass is 35.5. The Labute approximate surface area is 221 Å². The Morgan fingerprint density at radius 1 is 1.16 bits per heavy atom. The lowest BCUT2D eigenvalue weighted by Crippen LogP contribution is -2.58. The van der Waals surface area contributed by atoms with Gasteiger partial charge in [0.15, 0.2) is 5.17 Å². The van der Waals surface area contributed by atoms with Gasteiger partial charge in [0, 0.05) is 35.6 Å². The van der Waals surface area contributed by atoms with Crippen molar-refractivity contribution in [1.29, 1.82) is 0 Å². The van der Waals surface area contributed by atoms with Crippen LogP contribution in [0.2, 0.25) is 5.02 Å². The van der Waals surface area contributed by atoms with Crippen LogP contribution in [-0.4, -0.2) is 62.9 Å². The Morgan fingerprint density at radius 2 is 1.95 bits per heavy atom. The van der Waals surface area contributed by atoms with E-state index in [-0.39, 0.29) is 28.6 Å². The van der Waals surface area contributed by atoms with E-state index in [0.717, 1.165) is 41.8 Å². The minimum atomic E-state index is -4.52. The van der Waals surface area contributed by atoms with Crippen LogP contribution >= 0.6 is 23.4 Å². The van der Waals surface area contributed by atoms with Gasteiger partial charge in [-0.25, -0.2) is 0 Å². The fraction of sp³-hybridized carbons (Fsp3) is 0.346. The monoisotopic (exact) mass is 547 g/mol. The fourth-order valence-corrected chi connectivity index (χ4v) is 5.63. The number of aliphatic imine (C=N–C) groups is 1. The highest BCUT2D eigenvalue weighted by Gasteiger charge is 2.36. The lowest BCUT2D eigenvalue weighted by molar-refractivity contribution is -0.138. The quantitative estimate of drug-likeness (QED) is 0.391. The summed E-state index contributed by atoms with van der Waals surface area (Å²) in [6.07, 6.45) is -1.12. The maximum Gasteiger partial charge on any atom is 0.416 e.